The van der Waals surface area contributed by atoms with E-state index in [4.69, 9.17) is 9.47 Å². The molecule has 1 saturated carbocycles. The number of hydrogen-bond donors (Lipinski definition) is 0. The van der Waals surface area contributed by atoms with Crippen LogP contribution in [0.4, 0.5) is 0 Å². The van der Waals surface area contributed by atoms with Gasteiger partial charge in [-0.05, 0) is 19.8 Å². The third kappa shape index (κ3) is 5.27. The Kier molecular flexibility index (Phi) is 6.21. The second-order valence-corrected chi connectivity index (χ2v) is 3.74. The van der Waals surface area contributed by atoms with Gasteiger partial charge >= 0.3 is 0 Å². The number of hydrogen-bond acceptors (Lipinski definition) is 2. The summed E-state index contributed by atoms with van der Waals surface area (Å²) in [4.78, 5) is 0. The second kappa shape index (κ2) is 7.34. The molecule has 0 heterocycles. The van der Waals surface area contributed by atoms with Crippen LogP contribution in [0, 0.1) is 0 Å². The van der Waals surface area contributed by atoms with Gasteiger partial charge in [-0.25, -0.2) is 0 Å². The molecule has 0 atom stereocenters. The van der Waals surface area contributed by atoms with E-state index >= 15 is 0 Å². The van der Waals surface area contributed by atoms with Crippen LogP contribution in [0.25, 0.3) is 0 Å². The molecule has 1 rings (SSSR count). The highest BCUT2D eigenvalue weighted by molar-refractivity contribution is 4.62. The average molecular weight is 186 g/mol. The van der Waals surface area contributed by atoms with Gasteiger partial charge in [0.2, 0.25) is 0 Å². The van der Waals surface area contributed by atoms with Crippen molar-refractivity contribution in [2.24, 2.45) is 0 Å². The molecular formula is C11H22O2. The molecule has 0 aromatic rings. The van der Waals surface area contributed by atoms with Crippen LogP contribution in [0.1, 0.15) is 51.9 Å². The van der Waals surface area contributed by atoms with Crippen LogP contribution in [0.2, 0.25) is 0 Å². The van der Waals surface area contributed by atoms with Crippen molar-refractivity contribution in [3.05, 3.63) is 0 Å². The summed E-state index contributed by atoms with van der Waals surface area (Å²) < 4.78 is 10.8. The first kappa shape index (κ1) is 11.0. The molecule has 2 nitrogen and oxygen atoms in total. The van der Waals surface area contributed by atoms with Gasteiger partial charge in [-0.3, -0.25) is 0 Å². The Bertz CT molecular complexity index is 107. The molecule has 0 spiro atoms. The lowest BCUT2D eigenvalue weighted by molar-refractivity contribution is -0.0922. The maximum Gasteiger partial charge on any atom is 0.147 e. The van der Waals surface area contributed by atoms with Crippen LogP contribution in [-0.2, 0) is 9.47 Å². The maximum absolute atomic E-state index is 5.64. The minimum atomic E-state index is 0.465. The first-order chi connectivity index (χ1) is 6.43. The van der Waals surface area contributed by atoms with Gasteiger partial charge in [0.25, 0.3) is 0 Å². The lowest BCUT2D eigenvalue weighted by atomic mass is 9.99. The summed E-state index contributed by atoms with van der Waals surface area (Å²) in [5, 5.41) is 0. The lowest BCUT2D eigenvalue weighted by Gasteiger charge is -2.19. The van der Waals surface area contributed by atoms with E-state index in [2.05, 4.69) is 0 Å². The van der Waals surface area contributed by atoms with E-state index < -0.39 is 0 Å². The molecule has 13 heavy (non-hydrogen) atoms. The first-order valence-electron chi connectivity index (χ1n) is 5.63. The molecule has 0 N–H and O–H groups in total. The van der Waals surface area contributed by atoms with E-state index in [1.54, 1.807) is 0 Å². The van der Waals surface area contributed by atoms with E-state index in [1.807, 2.05) is 6.92 Å². The minimum Gasteiger partial charge on any atom is -0.356 e. The largest absolute Gasteiger partial charge is 0.356 e. The van der Waals surface area contributed by atoms with E-state index in [0.717, 1.165) is 6.61 Å². The van der Waals surface area contributed by atoms with Crippen LogP contribution in [0.15, 0.2) is 0 Å². The van der Waals surface area contributed by atoms with Crippen molar-refractivity contribution in [3.63, 3.8) is 0 Å². The van der Waals surface area contributed by atoms with E-state index in [1.165, 1.54) is 44.9 Å². The average Bonchev–Trinajstić information content (AvgIpc) is 2.08. The zero-order chi connectivity index (χ0) is 9.36. The van der Waals surface area contributed by atoms with Crippen LogP contribution >= 0.6 is 0 Å². The Labute approximate surface area is 81.6 Å². The molecule has 0 saturated heterocycles. The topological polar surface area (TPSA) is 18.5 Å². The molecular weight excluding hydrogens is 164 g/mol. The molecule has 0 amide bonds. The summed E-state index contributed by atoms with van der Waals surface area (Å²) in [6.07, 6.45) is 9.77. The first-order valence-corrected chi connectivity index (χ1v) is 5.63. The van der Waals surface area contributed by atoms with Gasteiger partial charge in [0.15, 0.2) is 0 Å². The molecule has 1 fully saturated rings. The van der Waals surface area contributed by atoms with Crippen molar-refractivity contribution >= 4 is 0 Å². The van der Waals surface area contributed by atoms with Crippen LogP contribution in [-0.4, -0.2) is 19.5 Å². The zero-order valence-corrected chi connectivity index (χ0v) is 8.76. The monoisotopic (exact) mass is 186 g/mol. The van der Waals surface area contributed by atoms with Gasteiger partial charge in [-0.2, -0.15) is 0 Å². The summed E-state index contributed by atoms with van der Waals surface area (Å²) in [5.74, 6) is 0. The fourth-order valence-corrected chi connectivity index (χ4v) is 1.81. The minimum absolute atomic E-state index is 0.465. The molecule has 1 aliphatic carbocycles. The molecule has 78 valence electrons. The lowest BCUT2D eigenvalue weighted by Crippen LogP contribution is -2.16. The third-order valence-corrected chi connectivity index (χ3v) is 2.64. The molecule has 0 bridgehead atoms. The van der Waals surface area contributed by atoms with E-state index in [0.29, 0.717) is 12.9 Å². The van der Waals surface area contributed by atoms with Crippen molar-refractivity contribution in [1.29, 1.82) is 0 Å². The Morgan fingerprint density at radius 2 is 1.62 bits per heavy atom. The predicted octanol–water partition coefficient (Wildman–Crippen LogP) is 3.11. The molecule has 0 aromatic carbocycles. The van der Waals surface area contributed by atoms with Crippen LogP contribution in [0.3, 0.4) is 0 Å². The normalized spacial score (nSPS) is 21.0. The Hall–Kier alpha value is -0.0800. The predicted molar refractivity (Wildman–Crippen MR) is 53.7 cm³/mol. The maximum atomic E-state index is 5.64. The summed E-state index contributed by atoms with van der Waals surface area (Å²) in [5.41, 5.74) is 0. The highest BCUT2D eigenvalue weighted by Gasteiger charge is 2.10. The summed E-state index contributed by atoms with van der Waals surface area (Å²) >= 11 is 0. The molecule has 0 radical (unpaired) electrons. The highest BCUT2D eigenvalue weighted by Crippen LogP contribution is 2.19. The Balaban J connectivity index is 2.06. The summed E-state index contributed by atoms with van der Waals surface area (Å²) in [7, 11) is 0. The van der Waals surface area contributed by atoms with Gasteiger partial charge in [-0.15, -0.1) is 0 Å². The van der Waals surface area contributed by atoms with Gasteiger partial charge in [-0.1, -0.05) is 32.1 Å². The van der Waals surface area contributed by atoms with E-state index in [9.17, 15) is 0 Å². The fraction of sp³-hybridized carbons (Fsp3) is 1.00. The van der Waals surface area contributed by atoms with Crippen molar-refractivity contribution in [2.45, 2.75) is 58.0 Å². The van der Waals surface area contributed by atoms with Crippen molar-refractivity contribution in [3.8, 4) is 0 Å². The van der Waals surface area contributed by atoms with Crippen LogP contribution in [0.5, 0.6) is 0 Å². The van der Waals surface area contributed by atoms with Gasteiger partial charge in [0, 0.05) is 6.61 Å². The molecule has 1 aliphatic rings. The smallest absolute Gasteiger partial charge is 0.147 e. The van der Waals surface area contributed by atoms with Crippen molar-refractivity contribution in [2.75, 3.05) is 13.4 Å². The van der Waals surface area contributed by atoms with Crippen molar-refractivity contribution < 1.29 is 9.47 Å². The van der Waals surface area contributed by atoms with E-state index in [-0.39, 0.29) is 0 Å². The van der Waals surface area contributed by atoms with Gasteiger partial charge in [0.1, 0.15) is 6.79 Å². The SMILES string of the molecule is CCOCOC1CCCCCCC1. The van der Waals surface area contributed by atoms with Gasteiger partial charge < -0.3 is 9.47 Å². The molecule has 0 aliphatic heterocycles. The Morgan fingerprint density at radius 3 is 2.23 bits per heavy atom. The Morgan fingerprint density at radius 1 is 1.00 bits per heavy atom. The third-order valence-electron chi connectivity index (χ3n) is 2.64. The number of rotatable bonds is 4. The molecule has 0 unspecified atom stereocenters. The number of ether oxygens (including phenoxy) is 2. The standard InChI is InChI=1S/C11H22O2/c1-2-12-10-13-11-8-6-4-3-5-7-9-11/h11H,2-10H2,1H3. The molecule has 2 heteroatoms. The van der Waals surface area contributed by atoms with Crippen LogP contribution < -0.4 is 0 Å². The highest BCUT2D eigenvalue weighted by atomic mass is 16.7. The summed E-state index contributed by atoms with van der Waals surface area (Å²) in [6.45, 7) is 3.25. The second-order valence-electron chi connectivity index (χ2n) is 3.74. The molecule has 0 aromatic heterocycles. The summed E-state index contributed by atoms with van der Waals surface area (Å²) in [6, 6.07) is 0. The quantitative estimate of drug-likeness (QED) is 0.496. The van der Waals surface area contributed by atoms with Gasteiger partial charge in [0.05, 0.1) is 6.10 Å². The fourth-order valence-electron chi connectivity index (χ4n) is 1.81. The van der Waals surface area contributed by atoms with Crippen molar-refractivity contribution in [1.82, 2.24) is 0 Å². The zero-order valence-electron chi connectivity index (χ0n) is 8.76.